The Bertz CT molecular complexity index is 157. The van der Waals surface area contributed by atoms with E-state index in [9.17, 15) is 4.79 Å². The molecule has 1 saturated heterocycles. The van der Waals surface area contributed by atoms with E-state index in [0.717, 1.165) is 0 Å². The van der Waals surface area contributed by atoms with Crippen LogP contribution in [0.1, 0.15) is 6.42 Å². The van der Waals surface area contributed by atoms with Crippen molar-refractivity contribution in [1.82, 2.24) is 0 Å². The van der Waals surface area contributed by atoms with E-state index in [1.165, 1.54) is 0 Å². The summed E-state index contributed by atoms with van der Waals surface area (Å²) in [6.45, 7) is -0.397. The van der Waals surface area contributed by atoms with E-state index < -0.39 is 30.9 Å². The van der Waals surface area contributed by atoms with Crippen molar-refractivity contribution < 1.29 is 24.9 Å². The molecule has 1 heterocycles. The Kier molecular flexibility index (Phi) is 2.56. The van der Waals surface area contributed by atoms with E-state index in [4.69, 9.17) is 15.3 Å². The smallest absolute Gasteiger partial charge is 0.215 e. The molecular weight excluding hydrogens is 152 g/mol. The number of aliphatic hydroxyl groups excluding tert-OH is 3. The number of ketones is 1. The van der Waals surface area contributed by atoms with Crippen molar-refractivity contribution >= 4 is 5.78 Å². The third kappa shape index (κ3) is 1.75. The van der Waals surface area contributed by atoms with Gasteiger partial charge in [-0.2, -0.15) is 0 Å². The number of hydrogen-bond acceptors (Lipinski definition) is 5. The molecule has 11 heavy (non-hydrogen) atoms. The number of carbonyl (C=O) groups excluding carboxylic acids is 1. The van der Waals surface area contributed by atoms with Gasteiger partial charge in [0.2, 0.25) is 6.29 Å². The Morgan fingerprint density at radius 3 is 2.73 bits per heavy atom. The van der Waals surface area contributed by atoms with E-state index in [0.29, 0.717) is 0 Å². The van der Waals surface area contributed by atoms with Gasteiger partial charge in [0.25, 0.3) is 0 Å². The van der Waals surface area contributed by atoms with Crippen LogP contribution in [-0.4, -0.2) is 46.2 Å². The highest BCUT2D eigenvalue weighted by atomic mass is 16.6. The molecule has 0 aliphatic carbocycles. The average molecular weight is 162 g/mol. The first-order valence-electron chi connectivity index (χ1n) is 3.30. The van der Waals surface area contributed by atoms with Crippen molar-refractivity contribution in [1.29, 1.82) is 0 Å². The van der Waals surface area contributed by atoms with Crippen molar-refractivity contribution in [3.8, 4) is 0 Å². The Labute approximate surface area is 63.2 Å². The van der Waals surface area contributed by atoms with Crippen LogP contribution >= 0.6 is 0 Å². The zero-order chi connectivity index (χ0) is 8.43. The van der Waals surface area contributed by atoms with Crippen LogP contribution in [0.5, 0.6) is 0 Å². The summed E-state index contributed by atoms with van der Waals surface area (Å²) < 4.78 is 4.57. The summed E-state index contributed by atoms with van der Waals surface area (Å²) in [5.41, 5.74) is 0. The Hall–Kier alpha value is -0.490. The molecule has 3 N–H and O–H groups in total. The van der Waals surface area contributed by atoms with E-state index in [-0.39, 0.29) is 6.42 Å². The van der Waals surface area contributed by atoms with Crippen LogP contribution < -0.4 is 0 Å². The molecule has 0 radical (unpaired) electrons. The highest BCUT2D eigenvalue weighted by Gasteiger charge is 2.34. The zero-order valence-electron chi connectivity index (χ0n) is 5.80. The topological polar surface area (TPSA) is 87.0 Å². The van der Waals surface area contributed by atoms with Gasteiger partial charge in [-0.3, -0.25) is 4.79 Å². The molecule has 2 unspecified atom stereocenters. The highest BCUT2D eigenvalue weighted by Crippen LogP contribution is 2.14. The Morgan fingerprint density at radius 1 is 1.55 bits per heavy atom. The van der Waals surface area contributed by atoms with E-state index in [2.05, 4.69) is 4.74 Å². The molecule has 64 valence electrons. The largest absolute Gasteiger partial charge is 0.394 e. The lowest BCUT2D eigenvalue weighted by atomic mass is 10.0. The van der Waals surface area contributed by atoms with E-state index in [1.807, 2.05) is 0 Å². The standard InChI is InChI=1S/C6H10O5/c7-2-5-3(8)1-4(9)6(10)11-5/h3,5-8,10H,1-2H2/t3-,5?,6?/m0/s1. The minimum Gasteiger partial charge on any atom is -0.394 e. The third-order valence-corrected chi connectivity index (χ3v) is 1.60. The van der Waals surface area contributed by atoms with Crippen molar-refractivity contribution in [2.75, 3.05) is 6.61 Å². The number of hydrogen-bond donors (Lipinski definition) is 3. The maximum absolute atomic E-state index is 10.6. The number of carbonyl (C=O) groups is 1. The summed E-state index contributed by atoms with van der Waals surface area (Å²) in [6.07, 6.45) is -3.50. The molecule has 0 spiro atoms. The second-order valence-electron chi connectivity index (χ2n) is 2.45. The number of aliphatic hydroxyl groups is 3. The first kappa shape index (κ1) is 8.61. The maximum atomic E-state index is 10.6. The van der Waals surface area contributed by atoms with Crippen LogP contribution in [0.15, 0.2) is 0 Å². The van der Waals surface area contributed by atoms with Gasteiger partial charge >= 0.3 is 0 Å². The second kappa shape index (κ2) is 3.27. The average Bonchev–Trinajstić information content (AvgIpc) is 1.97. The Balaban J connectivity index is 2.54. The summed E-state index contributed by atoms with van der Waals surface area (Å²) in [5.74, 6) is -0.554. The SMILES string of the molecule is O=C1C[C@H](O)C(CO)OC1O. The zero-order valence-corrected chi connectivity index (χ0v) is 5.80. The molecule has 0 amide bonds. The molecular formula is C6H10O5. The molecule has 0 aromatic heterocycles. The molecule has 0 aromatic carbocycles. The third-order valence-electron chi connectivity index (χ3n) is 1.60. The van der Waals surface area contributed by atoms with Gasteiger partial charge in [-0.05, 0) is 0 Å². The lowest BCUT2D eigenvalue weighted by Crippen LogP contribution is -2.46. The molecule has 1 aliphatic heterocycles. The summed E-state index contributed by atoms with van der Waals surface area (Å²) in [7, 11) is 0. The number of Topliss-reactive ketones (excluding diaryl/α,β-unsaturated/α-hetero) is 1. The summed E-state index contributed by atoms with van der Waals surface area (Å²) in [6, 6.07) is 0. The number of ether oxygens (including phenoxy) is 1. The maximum Gasteiger partial charge on any atom is 0.215 e. The van der Waals surface area contributed by atoms with Gasteiger partial charge in [0.05, 0.1) is 12.7 Å². The molecule has 1 fully saturated rings. The predicted octanol–water partition coefficient (Wildman–Crippen LogP) is -1.98. The van der Waals surface area contributed by atoms with Gasteiger partial charge in [-0.15, -0.1) is 0 Å². The summed E-state index contributed by atoms with van der Waals surface area (Å²) in [4.78, 5) is 10.6. The fourth-order valence-electron chi connectivity index (χ4n) is 0.935. The molecule has 5 heteroatoms. The van der Waals surface area contributed by atoms with Crippen molar-refractivity contribution in [3.05, 3.63) is 0 Å². The van der Waals surface area contributed by atoms with Crippen LogP contribution in [0.25, 0.3) is 0 Å². The molecule has 0 saturated carbocycles. The van der Waals surface area contributed by atoms with Gasteiger partial charge in [-0.25, -0.2) is 0 Å². The van der Waals surface area contributed by atoms with Crippen molar-refractivity contribution in [3.63, 3.8) is 0 Å². The predicted molar refractivity (Wildman–Crippen MR) is 33.6 cm³/mol. The molecule has 1 aliphatic rings. The van der Waals surface area contributed by atoms with Gasteiger partial charge in [0.1, 0.15) is 6.10 Å². The lowest BCUT2D eigenvalue weighted by molar-refractivity contribution is -0.205. The normalized spacial score (nSPS) is 39.2. The molecule has 1 rings (SSSR count). The van der Waals surface area contributed by atoms with Gasteiger partial charge < -0.3 is 20.1 Å². The first-order valence-corrected chi connectivity index (χ1v) is 3.30. The molecule has 0 aromatic rings. The number of rotatable bonds is 1. The summed E-state index contributed by atoms with van der Waals surface area (Å²) in [5, 5.41) is 26.4. The van der Waals surface area contributed by atoms with E-state index >= 15 is 0 Å². The minimum absolute atomic E-state index is 0.160. The molecule has 3 atom stereocenters. The fraction of sp³-hybridized carbons (Fsp3) is 0.833. The second-order valence-corrected chi connectivity index (χ2v) is 2.45. The monoisotopic (exact) mass is 162 g/mol. The van der Waals surface area contributed by atoms with Gasteiger partial charge in [0.15, 0.2) is 5.78 Å². The molecule has 5 nitrogen and oxygen atoms in total. The van der Waals surface area contributed by atoms with Crippen molar-refractivity contribution in [2.24, 2.45) is 0 Å². The van der Waals surface area contributed by atoms with Crippen LogP contribution in [0.2, 0.25) is 0 Å². The Morgan fingerprint density at radius 2 is 2.18 bits per heavy atom. The van der Waals surface area contributed by atoms with Crippen LogP contribution in [0.4, 0.5) is 0 Å². The van der Waals surface area contributed by atoms with Crippen LogP contribution in [-0.2, 0) is 9.53 Å². The van der Waals surface area contributed by atoms with E-state index in [1.54, 1.807) is 0 Å². The van der Waals surface area contributed by atoms with Gasteiger partial charge in [0, 0.05) is 6.42 Å². The highest BCUT2D eigenvalue weighted by molar-refractivity contribution is 5.82. The van der Waals surface area contributed by atoms with Crippen molar-refractivity contribution in [2.45, 2.75) is 24.9 Å². The first-order chi connectivity index (χ1) is 5.15. The van der Waals surface area contributed by atoms with Crippen LogP contribution in [0, 0.1) is 0 Å². The lowest BCUT2D eigenvalue weighted by Gasteiger charge is -2.28. The van der Waals surface area contributed by atoms with Gasteiger partial charge in [-0.1, -0.05) is 0 Å². The minimum atomic E-state index is -1.49. The molecule has 0 bridgehead atoms. The quantitative estimate of drug-likeness (QED) is 0.415. The fourth-order valence-corrected chi connectivity index (χ4v) is 0.935. The van der Waals surface area contributed by atoms with Crippen LogP contribution in [0.3, 0.4) is 0 Å². The summed E-state index contributed by atoms with van der Waals surface area (Å²) >= 11 is 0.